The van der Waals surface area contributed by atoms with Crippen LogP contribution in [-0.2, 0) is 0 Å². The zero-order valence-electron chi connectivity index (χ0n) is 12.5. The van der Waals surface area contributed by atoms with Gasteiger partial charge in [-0.1, -0.05) is 49.0 Å². The summed E-state index contributed by atoms with van der Waals surface area (Å²) in [6.45, 7) is 11.7. The molecule has 0 radical (unpaired) electrons. The maximum Gasteiger partial charge on any atom is 0.108 e. The van der Waals surface area contributed by atoms with Crippen molar-refractivity contribution in [3.63, 3.8) is 0 Å². The van der Waals surface area contributed by atoms with Gasteiger partial charge in [0.25, 0.3) is 0 Å². The fourth-order valence-electron chi connectivity index (χ4n) is 1.95. The summed E-state index contributed by atoms with van der Waals surface area (Å²) in [4.78, 5) is 0. The molecule has 0 aromatic carbocycles. The Kier molecular flexibility index (Phi) is 8.43. The number of hydrogen-bond donors (Lipinski definition) is 4. The van der Waals surface area contributed by atoms with Crippen molar-refractivity contribution in [3.05, 3.63) is 0 Å². The third-order valence-corrected chi connectivity index (χ3v) is 2.78. The molecule has 0 rings (SSSR count). The Morgan fingerprint density at radius 1 is 0.632 bits per heavy atom. The average molecular weight is 278 g/mol. The van der Waals surface area contributed by atoms with Crippen LogP contribution in [0.15, 0.2) is 0 Å². The van der Waals surface area contributed by atoms with Crippen LogP contribution in [0.2, 0.25) is 0 Å². The summed E-state index contributed by atoms with van der Waals surface area (Å²) in [6, 6.07) is 0. The largest absolute Gasteiger partial charge is 0.390 e. The summed E-state index contributed by atoms with van der Waals surface area (Å²) in [5, 5.41) is 39.4. The van der Waals surface area contributed by atoms with Crippen LogP contribution in [0.3, 0.4) is 0 Å². The van der Waals surface area contributed by atoms with Crippen LogP contribution in [-0.4, -0.2) is 44.8 Å². The van der Waals surface area contributed by atoms with Gasteiger partial charge in [0.05, 0.1) is 12.2 Å². The van der Waals surface area contributed by atoms with Crippen molar-refractivity contribution in [2.45, 2.75) is 86.2 Å². The first-order valence-corrected chi connectivity index (χ1v) is 6.56. The highest BCUT2D eigenvalue weighted by atomic mass is 16.4. The predicted octanol–water partition coefficient (Wildman–Crippen LogP) is 1.94. The Morgan fingerprint density at radius 3 is 1.00 bits per heavy atom. The average Bonchev–Trinajstić information content (AvgIpc) is 2.09. The van der Waals surface area contributed by atoms with Gasteiger partial charge < -0.3 is 20.4 Å². The van der Waals surface area contributed by atoms with E-state index in [9.17, 15) is 20.4 Å². The van der Waals surface area contributed by atoms with Crippen LogP contribution in [0.25, 0.3) is 0 Å². The lowest BCUT2D eigenvalue weighted by molar-refractivity contribution is -0.118. The van der Waals surface area contributed by atoms with Gasteiger partial charge in [0.2, 0.25) is 0 Å². The van der Waals surface area contributed by atoms with Crippen LogP contribution >= 0.6 is 0 Å². The maximum absolute atomic E-state index is 9.86. The van der Waals surface area contributed by atoms with Gasteiger partial charge in [-0.05, 0) is 23.7 Å². The minimum Gasteiger partial charge on any atom is -0.390 e. The van der Waals surface area contributed by atoms with E-state index in [1.807, 2.05) is 41.5 Å². The SMILES string of the molecule is C.CC(C)(C)CC(O)C(O)C(O)C(O)CC(C)(C)C. The normalized spacial score (nSPS) is 19.3. The van der Waals surface area contributed by atoms with E-state index in [1.165, 1.54) is 0 Å². The second-order valence-electron chi connectivity index (χ2n) is 7.65. The topological polar surface area (TPSA) is 80.9 Å². The van der Waals surface area contributed by atoms with Crippen LogP contribution < -0.4 is 0 Å². The molecule has 0 aromatic heterocycles. The summed E-state index contributed by atoms with van der Waals surface area (Å²) in [5.74, 6) is 0. The molecule has 0 bridgehead atoms. The lowest BCUT2D eigenvalue weighted by Gasteiger charge is -2.32. The van der Waals surface area contributed by atoms with E-state index in [0.717, 1.165) is 0 Å². The molecule has 0 aliphatic carbocycles. The number of aliphatic hydroxyl groups is 4. The molecule has 0 aromatic rings. The van der Waals surface area contributed by atoms with Crippen LogP contribution in [0.5, 0.6) is 0 Å². The first kappa shape index (κ1) is 21.1. The maximum atomic E-state index is 9.86. The lowest BCUT2D eigenvalue weighted by atomic mass is 9.83. The Hall–Kier alpha value is -0.160. The van der Waals surface area contributed by atoms with Crippen LogP contribution in [0, 0.1) is 10.8 Å². The highest BCUT2D eigenvalue weighted by molar-refractivity contribution is 4.85. The van der Waals surface area contributed by atoms with E-state index in [0.29, 0.717) is 12.8 Å². The van der Waals surface area contributed by atoms with Crippen molar-refractivity contribution in [2.24, 2.45) is 10.8 Å². The van der Waals surface area contributed by atoms with Gasteiger partial charge in [0.15, 0.2) is 0 Å². The molecule has 4 N–H and O–H groups in total. The highest BCUT2D eigenvalue weighted by Gasteiger charge is 2.34. The summed E-state index contributed by atoms with van der Waals surface area (Å²) in [5.41, 5.74) is -0.288. The number of hydrogen-bond acceptors (Lipinski definition) is 4. The Morgan fingerprint density at radius 2 is 0.842 bits per heavy atom. The molecule has 4 nitrogen and oxygen atoms in total. The third kappa shape index (κ3) is 9.38. The zero-order valence-corrected chi connectivity index (χ0v) is 12.5. The van der Waals surface area contributed by atoms with Gasteiger partial charge in [0, 0.05) is 0 Å². The van der Waals surface area contributed by atoms with Gasteiger partial charge in [-0.25, -0.2) is 0 Å². The fourth-order valence-corrected chi connectivity index (χ4v) is 1.95. The summed E-state index contributed by atoms with van der Waals surface area (Å²) < 4.78 is 0. The van der Waals surface area contributed by atoms with Gasteiger partial charge in [-0.3, -0.25) is 0 Å². The molecule has 0 saturated heterocycles. The molecule has 0 aliphatic heterocycles. The second kappa shape index (κ2) is 7.58. The smallest absolute Gasteiger partial charge is 0.108 e. The van der Waals surface area contributed by atoms with E-state index >= 15 is 0 Å². The molecule has 0 saturated carbocycles. The number of rotatable bonds is 5. The van der Waals surface area contributed by atoms with E-state index in [-0.39, 0.29) is 18.3 Å². The number of aliphatic hydroxyl groups excluding tert-OH is 4. The molecule has 118 valence electrons. The standard InChI is InChI=1S/C14H30O4.CH4/c1-13(2,3)7-9(15)11(17)12(18)10(16)8-14(4,5)6;/h9-12,15-18H,7-8H2,1-6H3;1H4. The summed E-state index contributed by atoms with van der Waals surface area (Å²) in [6.07, 6.45) is -3.96. The van der Waals surface area contributed by atoms with Gasteiger partial charge >= 0.3 is 0 Å². The van der Waals surface area contributed by atoms with Crippen molar-refractivity contribution in [3.8, 4) is 0 Å². The molecule has 4 unspecified atom stereocenters. The Balaban J connectivity index is 0. The highest BCUT2D eigenvalue weighted by Crippen LogP contribution is 2.26. The quantitative estimate of drug-likeness (QED) is 0.619. The van der Waals surface area contributed by atoms with Crippen molar-refractivity contribution in [1.82, 2.24) is 0 Å². The van der Waals surface area contributed by atoms with E-state index in [2.05, 4.69) is 0 Å². The predicted molar refractivity (Wildman–Crippen MR) is 78.9 cm³/mol. The Bertz CT molecular complexity index is 214. The zero-order chi connectivity index (χ0) is 14.7. The van der Waals surface area contributed by atoms with E-state index < -0.39 is 24.4 Å². The van der Waals surface area contributed by atoms with Crippen LogP contribution in [0.4, 0.5) is 0 Å². The van der Waals surface area contributed by atoms with E-state index in [1.54, 1.807) is 0 Å². The first-order chi connectivity index (χ1) is 7.83. The van der Waals surface area contributed by atoms with Crippen molar-refractivity contribution >= 4 is 0 Å². The van der Waals surface area contributed by atoms with Gasteiger partial charge in [-0.2, -0.15) is 0 Å². The second-order valence-corrected chi connectivity index (χ2v) is 7.65. The minimum absolute atomic E-state index is 0. The molecule has 0 spiro atoms. The first-order valence-electron chi connectivity index (χ1n) is 6.56. The van der Waals surface area contributed by atoms with Gasteiger partial charge in [-0.15, -0.1) is 0 Å². The monoisotopic (exact) mass is 278 g/mol. The van der Waals surface area contributed by atoms with Crippen LogP contribution in [0.1, 0.15) is 61.8 Å². The molecule has 4 heteroatoms. The third-order valence-electron chi connectivity index (χ3n) is 2.78. The molecule has 0 fully saturated rings. The summed E-state index contributed by atoms with van der Waals surface area (Å²) >= 11 is 0. The van der Waals surface area contributed by atoms with E-state index in [4.69, 9.17) is 0 Å². The Labute approximate surface area is 118 Å². The lowest BCUT2D eigenvalue weighted by Crippen LogP contribution is -2.46. The molecular formula is C15H34O4. The molecule has 0 heterocycles. The fraction of sp³-hybridized carbons (Fsp3) is 1.00. The molecule has 19 heavy (non-hydrogen) atoms. The van der Waals surface area contributed by atoms with Gasteiger partial charge in [0.1, 0.15) is 12.2 Å². The van der Waals surface area contributed by atoms with Crippen molar-refractivity contribution in [1.29, 1.82) is 0 Å². The van der Waals surface area contributed by atoms with Crippen molar-refractivity contribution < 1.29 is 20.4 Å². The minimum atomic E-state index is -1.32. The van der Waals surface area contributed by atoms with Crippen molar-refractivity contribution in [2.75, 3.05) is 0 Å². The molecular weight excluding hydrogens is 244 g/mol. The molecule has 0 aliphatic rings. The summed E-state index contributed by atoms with van der Waals surface area (Å²) in [7, 11) is 0. The molecule has 4 atom stereocenters. The molecule has 0 amide bonds.